The Kier molecular flexibility index (Phi) is 2.48. The van der Waals surface area contributed by atoms with E-state index in [-0.39, 0.29) is 0 Å². The standard InChI is InChI=1S/C11H15N3/c1-3-4-5-10-13-9-7-12-6-8(2)11(9)14-10/h6-7H,3-5H2,1-2H3,(H,13,14). The lowest BCUT2D eigenvalue weighted by Gasteiger charge is -1.92. The number of imidazole rings is 1. The normalized spacial score (nSPS) is 11.0. The second kappa shape index (κ2) is 3.78. The lowest BCUT2D eigenvalue weighted by Crippen LogP contribution is -1.86. The third-order valence-electron chi connectivity index (χ3n) is 2.41. The number of aromatic nitrogens is 3. The summed E-state index contributed by atoms with van der Waals surface area (Å²) >= 11 is 0. The van der Waals surface area contributed by atoms with Gasteiger partial charge in [0.25, 0.3) is 0 Å². The van der Waals surface area contributed by atoms with E-state index in [2.05, 4.69) is 28.8 Å². The number of rotatable bonds is 3. The molecule has 3 nitrogen and oxygen atoms in total. The van der Waals surface area contributed by atoms with Crippen LogP contribution in [-0.2, 0) is 6.42 Å². The number of hydrogen-bond acceptors (Lipinski definition) is 2. The third kappa shape index (κ3) is 1.62. The van der Waals surface area contributed by atoms with Gasteiger partial charge >= 0.3 is 0 Å². The molecule has 0 fully saturated rings. The maximum absolute atomic E-state index is 4.49. The van der Waals surface area contributed by atoms with E-state index in [0.717, 1.165) is 28.8 Å². The third-order valence-corrected chi connectivity index (χ3v) is 2.41. The van der Waals surface area contributed by atoms with Crippen LogP contribution in [0.15, 0.2) is 12.4 Å². The SMILES string of the molecule is CCCCc1nc2cncc(C)c2[nH]1. The first-order chi connectivity index (χ1) is 6.81. The van der Waals surface area contributed by atoms with Gasteiger partial charge in [0.15, 0.2) is 0 Å². The van der Waals surface area contributed by atoms with Crippen LogP contribution >= 0.6 is 0 Å². The molecule has 0 bridgehead atoms. The van der Waals surface area contributed by atoms with E-state index >= 15 is 0 Å². The van der Waals surface area contributed by atoms with Crippen molar-refractivity contribution in [2.45, 2.75) is 33.1 Å². The highest BCUT2D eigenvalue weighted by molar-refractivity contribution is 5.77. The molecular formula is C11H15N3. The predicted octanol–water partition coefficient (Wildman–Crippen LogP) is 2.61. The number of hydrogen-bond donors (Lipinski definition) is 1. The van der Waals surface area contributed by atoms with Crippen LogP contribution in [0.3, 0.4) is 0 Å². The van der Waals surface area contributed by atoms with Crippen LogP contribution in [0, 0.1) is 6.92 Å². The maximum atomic E-state index is 4.49. The molecular weight excluding hydrogens is 174 g/mol. The van der Waals surface area contributed by atoms with Crippen LogP contribution in [0.4, 0.5) is 0 Å². The Bertz CT molecular complexity index is 431. The summed E-state index contributed by atoms with van der Waals surface area (Å²) in [5, 5.41) is 0. The van der Waals surface area contributed by atoms with E-state index in [1.807, 2.05) is 12.4 Å². The zero-order chi connectivity index (χ0) is 9.97. The van der Waals surface area contributed by atoms with Gasteiger partial charge in [0, 0.05) is 12.6 Å². The summed E-state index contributed by atoms with van der Waals surface area (Å²) in [7, 11) is 0. The highest BCUT2D eigenvalue weighted by Crippen LogP contribution is 2.14. The average Bonchev–Trinajstić information content (AvgIpc) is 2.59. The molecule has 0 saturated heterocycles. The smallest absolute Gasteiger partial charge is 0.107 e. The van der Waals surface area contributed by atoms with Gasteiger partial charge in [-0.25, -0.2) is 4.98 Å². The summed E-state index contributed by atoms with van der Waals surface area (Å²) in [4.78, 5) is 12.0. The van der Waals surface area contributed by atoms with Crippen LogP contribution < -0.4 is 0 Å². The molecule has 0 aliphatic carbocycles. The molecule has 74 valence electrons. The van der Waals surface area contributed by atoms with Crippen LogP contribution in [-0.4, -0.2) is 15.0 Å². The first-order valence-electron chi connectivity index (χ1n) is 5.10. The van der Waals surface area contributed by atoms with Gasteiger partial charge in [0.1, 0.15) is 11.3 Å². The Balaban J connectivity index is 2.36. The van der Waals surface area contributed by atoms with Crippen molar-refractivity contribution < 1.29 is 0 Å². The van der Waals surface area contributed by atoms with Crippen molar-refractivity contribution in [2.75, 3.05) is 0 Å². The van der Waals surface area contributed by atoms with Gasteiger partial charge < -0.3 is 4.98 Å². The van der Waals surface area contributed by atoms with Crippen LogP contribution in [0.5, 0.6) is 0 Å². The number of H-pyrrole nitrogens is 1. The number of unbranched alkanes of at least 4 members (excludes halogenated alkanes) is 1. The van der Waals surface area contributed by atoms with Gasteiger partial charge in [0.2, 0.25) is 0 Å². The first kappa shape index (κ1) is 9.19. The Morgan fingerprint density at radius 3 is 2.93 bits per heavy atom. The van der Waals surface area contributed by atoms with E-state index < -0.39 is 0 Å². The van der Waals surface area contributed by atoms with E-state index in [1.54, 1.807) is 0 Å². The van der Waals surface area contributed by atoms with Crippen molar-refractivity contribution in [1.29, 1.82) is 0 Å². The molecule has 0 spiro atoms. The van der Waals surface area contributed by atoms with Crippen molar-refractivity contribution >= 4 is 11.0 Å². The number of aromatic amines is 1. The van der Waals surface area contributed by atoms with Crippen LogP contribution in [0.2, 0.25) is 0 Å². The van der Waals surface area contributed by atoms with Crippen molar-refractivity contribution in [1.82, 2.24) is 15.0 Å². The lowest BCUT2D eigenvalue weighted by molar-refractivity contribution is 0.765. The topological polar surface area (TPSA) is 41.6 Å². The first-order valence-corrected chi connectivity index (χ1v) is 5.10. The number of aryl methyl sites for hydroxylation is 2. The second-order valence-electron chi connectivity index (χ2n) is 3.64. The second-order valence-corrected chi connectivity index (χ2v) is 3.64. The molecule has 0 aliphatic heterocycles. The number of nitrogens with one attached hydrogen (secondary N) is 1. The minimum atomic E-state index is 0.983. The van der Waals surface area contributed by atoms with Crippen molar-refractivity contribution in [3.63, 3.8) is 0 Å². The Morgan fingerprint density at radius 2 is 2.21 bits per heavy atom. The molecule has 0 radical (unpaired) electrons. The highest BCUT2D eigenvalue weighted by Gasteiger charge is 2.03. The van der Waals surface area contributed by atoms with E-state index in [0.29, 0.717) is 0 Å². The van der Waals surface area contributed by atoms with E-state index in [1.165, 1.54) is 12.8 Å². The lowest BCUT2D eigenvalue weighted by atomic mass is 10.2. The largest absolute Gasteiger partial charge is 0.342 e. The molecule has 0 unspecified atom stereocenters. The van der Waals surface area contributed by atoms with Gasteiger partial charge in [-0.05, 0) is 18.9 Å². The number of pyridine rings is 1. The van der Waals surface area contributed by atoms with Gasteiger partial charge in [-0.1, -0.05) is 13.3 Å². The van der Waals surface area contributed by atoms with E-state index in [9.17, 15) is 0 Å². The fourth-order valence-corrected chi connectivity index (χ4v) is 1.58. The predicted molar refractivity (Wildman–Crippen MR) is 57.2 cm³/mol. The quantitative estimate of drug-likeness (QED) is 0.806. The zero-order valence-electron chi connectivity index (χ0n) is 8.67. The molecule has 14 heavy (non-hydrogen) atoms. The molecule has 2 heterocycles. The average molecular weight is 189 g/mol. The summed E-state index contributed by atoms with van der Waals surface area (Å²) < 4.78 is 0. The van der Waals surface area contributed by atoms with E-state index in [4.69, 9.17) is 0 Å². The van der Waals surface area contributed by atoms with Crippen LogP contribution in [0.1, 0.15) is 31.2 Å². The van der Waals surface area contributed by atoms with Crippen molar-refractivity contribution in [3.05, 3.63) is 23.8 Å². The number of fused-ring (bicyclic) bond motifs is 1. The Hall–Kier alpha value is -1.38. The fourth-order valence-electron chi connectivity index (χ4n) is 1.58. The van der Waals surface area contributed by atoms with Gasteiger partial charge in [0.05, 0.1) is 11.7 Å². The summed E-state index contributed by atoms with van der Waals surface area (Å²) in [5.41, 5.74) is 3.28. The summed E-state index contributed by atoms with van der Waals surface area (Å²) in [6.07, 6.45) is 7.10. The highest BCUT2D eigenvalue weighted by atomic mass is 14.9. The molecule has 2 rings (SSSR count). The van der Waals surface area contributed by atoms with Gasteiger partial charge in [-0.2, -0.15) is 0 Å². The van der Waals surface area contributed by atoms with Crippen LogP contribution in [0.25, 0.3) is 11.0 Å². The molecule has 3 heteroatoms. The monoisotopic (exact) mass is 189 g/mol. The summed E-state index contributed by atoms with van der Waals surface area (Å²) in [6, 6.07) is 0. The molecule has 0 atom stereocenters. The molecule has 2 aromatic rings. The van der Waals surface area contributed by atoms with Gasteiger partial charge in [-0.15, -0.1) is 0 Å². The molecule has 1 N–H and O–H groups in total. The maximum Gasteiger partial charge on any atom is 0.107 e. The summed E-state index contributed by atoms with van der Waals surface area (Å²) in [6.45, 7) is 4.24. The Morgan fingerprint density at radius 1 is 1.36 bits per heavy atom. The zero-order valence-corrected chi connectivity index (χ0v) is 8.67. The molecule has 2 aromatic heterocycles. The molecule has 0 aromatic carbocycles. The van der Waals surface area contributed by atoms with Gasteiger partial charge in [-0.3, -0.25) is 4.98 Å². The minimum Gasteiger partial charge on any atom is -0.342 e. The molecule has 0 aliphatic rings. The van der Waals surface area contributed by atoms with Crippen molar-refractivity contribution in [3.8, 4) is 0 Å². The molecule has 0 saturated carbocycles. The van der Waals surface area contributed by atoms with Crippen molar-refractivity contribution in [2.24, 2.45) is 0 Å². The molecule has 0 amide bonds. The fraction of sp³-hybridized carbons (Fsp3) is 0.455. The Labute approximate surface area is 83.6 Å². The minimum absolute atomic E-state index is 0.983. The summed E-state index contributed by atoms with van der Waals surface area (Å²) in [5.74, 6) is 1.08. The number of nitrogens with zero attached hydrogens (tertiary/aromatic N) is 2.